The first-order chi connectivity index (χ1) is 9.19. The van der Waals surface area contributed by atoms with E-state index in [9.17, 15) is 4.79 Å². The minimum atomic E-state index is -0.0630. The molecular weight excluding hydrogens is 240 g/mol. The monoisotopic (exact) mass is 268 g/mol. The van der Waals surface area contributed by atoms with E-state index in [4.69, 9.17) is 0 Å². The van der Waals surface area contributed by atoms with Gasteiger partial charge in [0.25, 0.3) is 0 Å². The molecule has 0 saturated carbocycles. The maximum Gasteiger partial charge on any atom is 0.238 e. The van der Waals surface area contributed by atoms with Crippen LogP contribution in [0.15, 0.2) is 0 Å². The molecule has 0 radical (unpaired) electrons. The summed E-state index contributed by atoms with van der Waals surface area (Å²) in [7, 11) is 0. The van der Waals surface area contributed by atoms with Crippen LogP contribution in [0.5, 0.6) is 0 Å². The molecule has 2 rings (SSSR count). The Balaban J connectivity index is 1.64. The van der Waals surface area contributed by atoms with E-state index in [-0.39, 0.29) is 11.9 Å². The van der Waals surface area contributed by atoms with Crippen LogP contribution in [0.3, 0.4) is 0 Å². The molecule has 2 aliphatic heterocycles. The zero-order chi connectivity index (χ0) is 13.7. The van der Waals surface area contributed by atoms with E-state index in [2.05, 4.69) is 34.7 Å². The van der Waals surface area contributed by atoms with Gasteiger partial charge < -0.3 is 20.9 Å². The fourth-order valence-corrected chi connectivity index (χ4v) is 2.84. The van der Waals surface area contributed by atoms with Crippen LogP contribution < -0.4 is 16.0 Å². The zero-order valence-corrected chi connectivity index (χ0v) is 12.2. The zero-order valence-electron chi connectivity index (χ0n) is 12.2. The number of nitrogens with zero attached hydrogens (tertiary/aromatic N) is 1. The van der Waals surface area contributed by atoms with Crippen molar-refractivity contribution in [2.75, 3.05) is 39.3 Å². The number of rotatable bonds is 4. The van der Waals surface area contributed by atoms with Gasteiger partial charge >= 0.3 is 0 Å². The molecule has 1 amide bonds. The highest BCUT2D eigenvalue weighted by atomic mass is 16.2. The van der Waals surface area contributed by atoms with Crippen molar-refractivity contribution in [1.29, 1.82) is 0 Å². The van der Waals surface area contributed by atoms with E-state index in [1.54, 1.807) is 0 Å². The second-order valence-corrected chi connectivity index (χ2v) is 5.89. The van der Waals surface area contributed by atoms with Crippen LogP contribution >= 0.6 is 0 Å². The van der Waals surface area contributed by atoms with Crippen molar-refractivity contribution in [2.24, 2.45) is 5.92 Å². The number of likely N-dealkylation sites (tertiary alicyclic amines) is 1. The molecule has 5 nitrogen and oxygen atoms in total. The summed E-state index contributed by atoms with van der Waals surface area (Å²) in [6.07, 6.45) is 2.42. The fraction of sp³-hybridized carbons (Fsp3) is 0.929. The SMILES string of the molecule is CCN1CCC(CNC(=O)C2CNC(C)CN2)CC1. The summed E-state index contributed by atoms with van der Waals surface area (Å²) in [6.45, 7) is 10.3. The molecule has 0 aromatic heterocycles. The number of piperazine rings is 1. The second kappa shape index (κ2) is 7.22. The number of amides is 1. The molecular formula is C14H28N4O. The Kier molecular flexibility index (Phi) is 5.60. The molecule has 2 aliphatic rings. The van der Waals surface area contributed by atoms with Gasteiger partial charge in [0.1, 0.15) is 0 Å². The van der Waals surface area contributed by atoms with E-state index in [1.807, 2.05) is 0 Å². The molecule has 110 valence electrons. The molecule has 0 bridgehead atoms. The maximum atomic E-state index is 12.0. The van der Waals surface area contributed by atoms with Crippen LogP contribution in [0, 0.1) is 5.92 Å². The van der Waals surface area contributed by atoms with Gasteiger partial charge in [-0.25, -0.2) is 0 Å². The number of nitrogens with one attached hydrogen (secondary N) is 3. The van der Waals surface area contributed by atoms with Crippen LogP contribution in [0.4, 0.5) is 0 Å². The van der Waals surface area contributed by atoms with Crippen LogP contribution in [0.1, 0.15) is 26.7 Å². The summed E-state index contributed by atoms with van der Waals surface area (Å²) >= 11 is 0. The lowest BCUT2D eigenvalue weighted by atomic mass is 9.96. The Hall–Kier alpha value is -0.650. The van der Waals surface area contributed by atoms with Crippen molar-refractivity contribution >= 4 is 5.91 Å². The molecule has 0 spiro atoms. The molecule has 0 aromatic carbocycles. The Morgan fingerprint density at radius 2 is 2.00 bits per heavy atom. The minimum absolute atomic E-state index is 0.0630. The molecule has 19 heavy (non-hydrogen) atoms. The quantitative estimate of drug-likeness (QED) is 0.660. The molecule has 0 aromatic rings. The summed E-state index contributed by atoms with van der Waals surface area (Å²) in [6, 6.07) is 0.398. The van der Waals surface area contributed by atoms with Crippen molar-refractivity contribution in [3.05, 3.63) is 0 Å². The summed E-state index contributed by atoms with van der Waals surface area (Å²) < 4.78 is 0. The Morgan fingerprint density at radius 1 is 1.26 bits per heavy atom. The average molecular weight is 268 g/mol. The number of hydrogen-bond donors (Lipinski definition) is 3. The maximum absolute atomic E-state index is 12.0. The van der Waals surface area contributed by atoms with Crippen LogP contribution in [0.2, 0.25) is 0 Å². The normalized spacial score (nSPS) is 30.2. The van der Waals surface area contributed by atoms with Crippen LogP contribution in [0.25, 0.3) is 0 Å². The molecule has 5 heteroatoms. The predicted molar refractivity (Wildman–Crippen MR) is 77.1 cm³/mol. The van der Waals surface area contributed by atoms with Gasteiger partial charge in [0, 0.05) is 25.7 Å². The van der Waals surface area contributed by atoms with Gasteiger partial charge in [0.15, 0.2) is 0 Å². The molecule has 2 atom stereocenters. The van der Waals surface area contributed by atoms with E-state index in [0.29, 0.717) is 12.0 Å². The molecule has 0 aliphatic carbocycles. The van der Waals surface area contributed by atoms with Gasteiger partial charge in [-0.2, -0.15) is 0 Å². The highest BCUT2D eigenvalue weighted by molar-refractivity contribution is 5.82. The van der Waals surface area contributed by atoms with Gasteiger partial charge in [-0.1, -0.05) is 6.92 Å². The molecule has 2 fully saturated rings. The number of carbonyl (C=O) groups excluding carboxylic acids is 1. The summed E-state index contributed by atoms with van der Waals surface area (Å²) in [5.41, 5.74) is 0. The van der Waals surface area contributed by atoms with Gasteiger partial charge in [-0.15, -0.1) is 0 Å². The first kappa shape index (κ1) is 14.8. The lowest BCUT2D eigenvalue weighted by Crippen LogP contribution is -2.59. The average Bonchev–Trinajstić information content (AvgIpc) is 2.46. The van der Waals surface area contributed by atoms with Gasteiger partial charge in [0.05, 0.1) is 6.04 Å². The van der Waals surface area contributed by atoms with E-state index in [1.165, 1.54) is 25.9 Å². The summed E-state index contributed by atoms with van der Waals surface area (Å²) in [4.78, 5) is 14.5. The fourth-order valence-electron chi connectivity index (χ4n) is 2.84. The highest BCUT2D eigenvalue weighted by Gasteiger charge is 2.24. The molecule has 2 unspecified atom stereocenters. The molecule has 2 saturated heterocycles. The van der Waals surface area contributed by atoms with E-state index < -0.39 is 0 Å². The van der Waals surface area contributed by atoms with E-state index >= 15 is 0 Å². The largest absolute Gasteiger partial charge is 0.354 e. The minimum Gasteiger partial charge on any atom is -0.354 e. The van der Waals surface area contributed by atoms with Crippen molar-refractivity contribution in [3.8, 4) is 0 Å². The number of carbonyl (C=O) groups is 1. The van der Waals surface area contributed by atoms with Gasteiger partial charge in [-0.3, -0.25) is 4.79 Å². The number of hydrogen-bond acceptors (Lipinski definition) is 4. The van der Waals surface area contributed by atoms with Crippen molar-refractivity contribution in [1.82, 2.24) is 20.9 Å². The Labute approximate surface area is 116 Å². The first-order valence-electron chi connectivity index (χ1n) is 7.66. The van der Waals surface area contributed by atoms with Crippen molar-refractivity contribution in [3.63, 3.8) is 0 Å². The number of piperidine rings is 1. The summed E-state index contributed by atoms with van der Waals surface area (Å²) in [5.74, 6) is 0.805. The van der Waals surface area contributed by atoms with Crippen LogP contribution in [-0.2, 0) is 4.79 Å². The van der Waals surface area contributed by atoms with Crippen molar-refractivity contribution in [2.45, 2.75) is 38.8 Å². The first-order valence-corrected chi connectivity index (χ1v) is 7.66. The summed E-state index contributed by atoms with van der Waals surface area (Å²) in [5, 5.41) is 9.73. The highest BCUT2D eigenvalue weighted by Crippen LogP contribution is 2.15. The Morgan fingerprint density at radius 3 is 2.58 bits per heavy atom. The second-order valence-electron chi connectivity index (χ2n) is 5.89. The van der Waals surface area contributed by atoms with Crippen molar-refractivity contribution < 1.29 is 4.79 Å². The topological polar surface area (TPSA) is 56.4 Å². The third-order valence-corrected chi connectivity index (χ3v) is 4.38. The van der Waals surface area contributed by atoms with Gasteiger partial charge in [0.2, 0.25) is 5.91 Å². The Bertz CT molecular complexity index is 281. The smallest absolute Gasteiger partial charge is 0.238 e. The lowest BCUT2D eigenvalue weighted by Gasteiger charge is -2.32. The third-order valence-electron chi connectivity index (χ3n) is 4.38. The van der Waals surface area contributed by atoms with Crippen LogP contribution in [-0.4, -0.2) is 62.2 Å². The lowest BCUT2D eigenvalue weighted by molar-refractivity contribution is -0.123. The molecule has 2 heterocycles. The van der Waals surface area contributed by atoms with Gasteiger partial charge in [-0.05, 0) is 45.3 Å². The standard InChI is InChI=1S/C14H28N4O/c1-3-18-6-4-12(5-7-18)9-17-14(19)13-10-15-11(2)8-16-13/h11-13,15-16H,3-10H2,1-2H3,(H,17,19). The third kappa shape index (κ3) is 4.44. The predicted octanol–water partition coefficient (Wildman–Crippen LogP) is -0.216. The van der Waals surface area contributed by atoms with E-state index in [0.717, 1.165) is 26.2 Å². The molecule has 3 N–H and O–H groups in total.